The first-order valence-corrected chi connectivity index (χ1v) is 5.30. The van der Waals surface area contributed by atoms with Crippen LogP contribution in [0.15, 0.2) is 30.3 Å². The van der Waals surface area contributed by atoms with Crippen LogP contribution in [-0.2, 0) is 15.5 Å². The third kappa shape index (κ3) is 3.26. The first kappa shape index (κ1) is 14.1. The zero-order valence-electron chi connectivity index (χ0n) is 9.69. The lowest BCUT2D eigenvalue weighted by Gasteiger charge is -2.17. The lowest BCUT2D eigenvalue weighted by Crippen LogP contribution is -2.41. The molecule has 1 rings (SSSR count). The molecule has 1 aromatic carbocycles. The Balaban J connectivity index is 2.69. The van der Waals surface area contributed by atoms with Crippen molar-refractivity contribution in [1.29, 1.82) is 0 Å². The summed E-state index contributed by atoms with van der Waals surface area (Å²) < 4.78 is 27.3. The molecule has 0 spiro atoms. The van der Waals surface area contributed by atoms with E-state index in [1.165, 1.54) is 19.1 Å². The van der Waals surface area contributed by atoms with Gasteiger partial charge in [-0.25, -0.2) is 0 Å². The van der Waals surface area contributed by atoms with Crippen LogP contribution in [0.4, 0.5) is 8.78 Å². The number of aliphatic carboxylic acids is 1. The summed E-state index contributed by atoms with van der Waals surface area (Å²) in [6, 6.07) is 6.64. The van der Waals surface area contributed by atoms with Crippen molar-refractivity contribution in [3.05, 3.63) is 35.9 Å². The van der Waals surface area contributed by atoms with Crippen LogP contribution in [0, 0.1) is 5.92 Å². The van der Waals surface area contributed by atoms with E-state index in [-0.39, 0.29) is 6.54 Å². The van der Waals surface area contributed by atoms with Gasteiger partial charge in [0.25, 0.3) is 5.91 Å². The maximum absolute atomic E-state index is 13.6. The predicted octanol–water partition coefficient (Wildman–Crippen LogP) is 1.62. The molecule has 2 N–H and O–H groups in total. The van der Waals surface area contributed by atoms with Crippen LogP contribution in [0.3, 0.4) is 0 Å². The molecule has 1 atom stereocenters. The maximum Gasteiger partial charge on any atom is 0.349 e. The molecule has 0 aliphatic heterocycles. The average molecular weight is 257 g/mol. The third-order valence-corrected chi connectivity index (χ3v) is 2.41. The number of carbonyl (C=O) groups excluding carboxylic acids is 1. The van der Waals surface area contributed by atoms with Crippen molar-refractivity contribution < 1.29 is 23.5 Å². The highest BCUT2D eigenvalue weighted by Gasteiger charge is 2.40. The molecule has 0 radical (unpaired) electrons. The molecule has 0 saturated carbocycles. The fourth-order valence-electron chi connectivity index (χ4n) is 1.22. The van der Waals surface area contributed by atoms with Crippen LogP contribution >= 0.6 is 0 Å². The average Bonchev–Trinajstić information content (AvgIpc) is 2.36. The minimum absolute atomic E-state index is 0.337. The van der Waals surface area contributed by atoms with Gasteiger partial charge in [-0.2, -0.15) is 8.78 Å². The van der Waals surface area contributed by atoms with Gasteiger partial charge in [0.15, 0.2) is 0 Å². The Kier molecular flexibility index (Phi) is 4.36. The summed E-state index contributed by atoms with van der Waals surface area (Å²) in [5.74, 6) is -7.24. The standard InChI is InChI=1S/C12H13F2NO3/c1-8(10(16)17)7-15-11(18)12(13,14)9-5-3-2-4-6-9/h2-6,8H,7H2,1H3,(H,15,18)(H,16,17). The molecule has 1 aromatic rings. The summed E-state index contributed by atoms with van der Waals surface area (Å²) in [6.45, 7) is 0.986. The van der Waals surface area contributed by atoms with Crippen molar-refractivity contribution in [1.82, 2.24) is 5.32 Å². The van der Waals surface area contributed by atoms with Gasteiger partial charge in [-0.15, -0.1) is 0 Å². The Morgan fingerprint density at radius 1 is 1.33 bits per heavy atom. The number of carboxylic acids is 1. The van der Waals surface area contributed by atoms with Crippen LogP contribution in [0.5, 0.6) is 0 Å². The van der Waals surface area contributed by atoms with Crippen molar-refractivity contribution in [3.63, 3.8) is 0 Å². The number of carbonyl (C=O) groups is 2. The minimum Gasteiger partial charge on any atom is -0.481 e. The van der Waals surface area contributed by atoms with Crippen molar-refractivity contribution in [2.24, 2.45) is 5.92 Å². The molecule has 1 unspecified atom stereocenters. The van der Waals surface area contributed by atoms with Gasteiger partial charge in [-0.1, -0.05) is 37.3 Å². The van der Waals surface area contributed by atoms with E-state index in [4.69, 9.17) is 5.11 Å². The van der Waals surface area contributed by atoms with Gasteiger partial charge in [0.1, 0.15) is 0 Å². The summed E-state index contributed by atoms with van der Waals surface area (Å²) in [5, 5.41) is 10.5. The summed E-state index contributed by atoms with van der Waals surface area (Å²) in [5.41, 5.74) is -0.425. The van der Waals surface area contributed by atoms with Crippen LogP contribution in [0.2, 0.25) is 0 Å². The Bertz CT molecular complexity index is 434. The quantitative estimate of drug-likeness (QED) is 0.842. The zero-order valence-corrected chi connectivity index (χ0v) is 9.69. The SMILES string of the molecule is CC(CNC(=O)C(F)(F)c1ccccc1)C(=O)O. The number of carboxylic acid groups (broad SMARTS) is 1. The third-order valence-electron chi connectivity index (χ3n) is 2.41. The summed E-state index contributed by atoms with van der Waals surface area (Å²) in [6.07, 6.45) is 0. The highest BCUT2D eigenvalue weighted by atomic mass is 19.3. The van der Waals surface area contributed by atoms with Gasteiger partial charge in [0.2, 0.25) is 0 Å². The Morgan fingerprint density at radius 2 is 1.89 bits per heavy atom. The van der Waals surface area contributed by atoms with Crippen molar-refractivity contribution in [2.45, 2.75) is 12.8 Å². The van der Waals surface area contributed by atoms with E-state index in [1.807, 2.05) is 5.32 Å². The Labute approximate surface area is 103 Å². The second-order valence-electron chi connectivity index (χ2n) is 3.89. The Morgan fingerprint density at radius 3 is 2.39 bits per heavy atom. The van der Waals surface area contributed by atoms with Crippen molar-refractivity contribution >= 4 is 11.9 Å². The van der Waals surface area contributed by atoms with Gasteiger partial charge in [0, 0.05) is 12.1 Å². The maximum atomic E-state index is 13.6. The number of amides is 1. The molecule has 0 fully saturated rings. The summed E-state index contributed by atoms with van der Waals surface area (Å²) in [7, 11) is 0. The molecule has 1 amide bonds. The first-order valence-electron chi connectivity index (χ1n) is 5.30. The summed E-state index contributed by atoms with van der Waals surface area (Å²) in [4.78, 5) is 21.8. The minimum atomic E-state index is -3.67. The number of hydrogen-bond acceptors (Lipinski definition) is 2. The van der Waals surface area contributed by atoms with Crippen LogP contribution in [-0.4, -0.2) is 23.5 Å². The number of nitrogens with one attached hydrogen (secondary N) is 1. The van der Waals surface area contributed by atoms with E-state index < -0.39 is 29.3 Å². The molecule has 0 aromatic heterocycles. The molecular weight excluding hydrogens is 244 g/mol. The van der Waals surface area contributed by atoms with Crippen LogP contribution in [0.25, 0.3) is 0 Å². The molecule has 0 heterocycles. The molecule has 0 aliphatic rings. The zero-order chi connectivity index (χ0) is 13.8. The van der Waals surface area contributed by atoms with E-state index in [0.717, 1.165) is 12.1 Å². The fraction of sp³-hybridized carbons (Fsp3) is 0.333. The van der Waals surface area contributed by atoms with Crippen LogP contribution in [0.1, 0.15) is 12.5 Å². The number of rotatable bonds is 5. The van der Waals surface area contributed by atoms with Gasteiger partial charge in [0.05, 0.1) is 5.92 Å². The lowest BCUT2D eigenvalue weighted by atomic mass is 10.1. The normalized spacial score (nSPS) is 12.8. The van der Waals surface area contributed by atoms with Gasteiger partial charge >= 0.3 is 11.9 Å². The van der Waals surface area contributed by atoms with Crippen molar-refractivity contribution in [2.75, 3.05) is 6.54 Å². The number of halogens is 2. The molecule has 0 saturated heterocycles. The molecule has 98 valence electrons. The summed E-state index contributed by atoms with van der Waals surface area (Å²) >= 11 is 0. The number of alkyl halides is 2. The fourth-order valence-corrected chi connectivity index (χ4v) is 1.22. The smallest absolute Gasteiger partial charge is 0.349 e. The van der Waals surface area contributed by atoms with E-state index in [2.05, 4.69) is 0 Å². The molecule has 0 bridgehead atoms. The molecule has 18 heavy (non-hydrogen) atoms. The molecule has 6 heteroatoms. The largest absolute Gasteiger partial charge is 0.481 e. The second kappa shape index (κ2) is 5.57. The topological polar surface area (TPSA) is 66.4 Å². The van der Waals surface area contributed by atoms with Crippen LogP contribution < -0.4 is 5.32 Å². The molecule has 0 aliphatic carbocycles. The second-order valence-corrected chi connectivity index (χ2v) is 3.89. The van der Waals surface area contributed by atoms with Gasteiger partial charge < -0.3 is 10.4 Å². The van der Waals surface area contributed by atoms with E-state index >= 15 is 0 Å². The van der Waals surface area contributed by atoms with Crippen molar-refractivity contribution in [3.8, 4) is 0 Å². The number of benzene rings is 1. The monoisotopic (exact) mass is 257 g/mol. The van der Waals surface area contributed by atoms with Gasteiger partial charge in [-0.05, 0) is 0 Å². The van der Waals surface area contributed by atoms with Gasteiger partial charge in [-0.3, -0.25) is 9.59 Å². The highest BCUT2D eigenvalue weighted by molar-refractivity contribution is 5.85. The lowest BCUT2D eigenvalue weighted by molar-refractivity contribution is -0.148. The van der Waals surface area contributed by atoms with E-state index in [0.29, 0.717) is 0 Å². The Hall–Kier alpha value is -1.98. The predicted molar refractivity (Wildman–Crippen MR) is 60.1 cm³/mol. The highest BCUT2D eigenvalue weighted by Crippen LogP contribution is 2.27. The number of hydrogen-bond donors (Lipinski definition) is 2. The van der Waals surface area contributed by atoms with E-state index in [9.17, 15) is 18.4 Å². The molecular formula is C12H13F2NO3. The first-order chi connectivity index (χ1) is 8.35. The van der Waals surface area contributed by atoms with E-state index in [1.54, 1.807) is 6.07 Å². The molecule has 4 nitrogen and oxygen atoms in total.